The molecule has 0 aromatic heterocycles. The van der Waals surface area contributed by atoms with Crippen LogP contribution in [0.4, 0.5) is 0 Å². The molecule has 1 aliphatic rings. The Morgan fingerprint density at radius 1 is 1.35 bits per heavy atom. The molecule has 0 aliphatic carbocycles. The largest absolute Gasteiger partial charge is 0.496 e. The average Bonchev–Trinajstić information content (AvgIpc) is 2.55. The summed E-state index contributed by atoms with van der Waals surface area (Å²) in [4.78, 5) is 10.9. The third-order valence-electron chi connectivity index (χ3n) is 4.01. The van der Waals surface area contributed by atoms with Gasteiger partial charge in [-0.3, -0.25) is 4.79 Å². The van der Waals surface area contributed by atoms with Crippen LogP contribution in [0.1, 0.15) is 18.4 Å². The van der Waals surface area contributed by atoms with Gasteiger partial charge in [0.1, 0.15) is 5.75 Å². The molecule has 1 fully saturated rings. The smallest absolute Gasteiger partial charge is 0.306 e. The number of carboxylic acids is 1. The van der Waals surface area contributed by atoms with Crippen LogP contribution in [0.15, 0.2) is 24.3 Å². The van der Waals surface area contributed by atoms with Gasteiger partial charge in [-0.1, -0.05) is 18.2 Å². The summed E-state index contributed by atoms with van der Waals surface area (Å²) in [6, 6.07) is 7.47. The van der Waals surface area contributed by atoms with Crippen LogP contribution in [0.25, 0.3) is 0 Å². The lowest BCUT2D eigenvalue weighted by atomic mass is 9.99. The van der Waals surface area contributed by atoms with E-state index >= 15 is 0 Å². The summed E-state index contributed by atoms with van der Waals surface area (Å²) in [7, 11) is -1.99. The zero-order valence-corrected chi connectivity index (χ0v) is 13.9. The molecule has 0 unspecified atom stereocenters. The number of hydrogen-bond acceptors (Lipinski definition) is 4. The highest BCUT2D eigenvalue weighted by atomic mass is 32.2. The Bertz CT molecular complexity index is 639. The minimum Gasteiger partial charge on any atom is -0.496 e. The Balaban J connectivity index is 1.86. The Kier molecular flexibility index (Phi) is 5.97. The molecule has 128 valence electrons. The fourth-order valence-electron chi connectivity index (χ4n) is 2.66. The van der Waals surface area contributed by atoms with E-state index in [0.717, 1.165) is 11.3 Å². The molecule has 1 aliphatic heterocycles. The molecule has 0 atom stereocenters. The van der Waals surface area contributed by atoms with Crippen molar-refractivity contribution in [2.75, 3.05) is 26.7 Å². The van der Waals surface area contributed by atoms with Gasteiger partial charge in [0, 0.05) is 19.6 Å². The molecule has 1 saturated heterocycles. The number of para-hydroxylation sites is 1. The van der Waals surface area contributed by atoms with Crippen LogP contribution in [-0.4, -0.2) is 50.5 Å². The number of carboxylic acid groups (broad SMARTS) is 1. The van der Waals surface area contributed by atoms with Gasteiger partial charge >= 0.3 is 5.97 Å². The van der Waals surface area contributed by atoms with Gasteiger partial charge < -0.3 is 9.84 Å². The monoisotopic (exact) mass is 342 g/mol. The van der Waals surface area contributed by atoms with Crippen LogP contribution in [0.3, 0.4) is 0 Å². The van der Waals surface area contributed by atoms with Crippen LogP contribution in [0.5, 0.6) is 5.75 Å². The molecule has 0 amide bonds. The predicted octanol–water partition coefficient (Wildman–Crippen LogP) is 0.869. The van der Waals surface area contributed by atoms with E-state index in [9.17, 15) is 13.2 Å². The van der Waals surface area contributed by atoms with Gasteiger partial charge in [0.2, 0.25) is 0 Å². The van der Waals surface area contributed by atoms with Gasteiger partial charge in [-0.25, -0.2) is 4.72 Å². The second-order valence-electron chi connectivity index (χ2n) is 5.47. The number of carbonyl (C=O) groups is 1. The highest BCUT2D eigenvalue weighted by Gasteiger charge is 2.30. The Morgan fingerprint density at radius 2 is 2.00 bits per heavy atom. The lowest BCUT2D eigenvalue weighted by molar-refractivity contribution is -0.142. The van der Waals surface area contributed by atoms with Crippen molar-refractivity contribution in [3.8, 4) is 5.75 Å². The maximum absolute atomic E-state index is 12.2. The lowest BCUT2D eigenvalue weighted by Crippen LogP contribution is -2.46. The van der Waals surface area contributed by atoms with Gasteiger partial charge in [-0.2, -0.15) is 12.7 Å². The number of aliphatic carboxylic acids is 1. The minimum atomic E-state index is -3.57. The van der Waals surface area contributed by atoms with E-state index in [4.69, 9.17) is 9.84 Å². The molecule has 8 heteroatoms. The molecule has 1 aromatic carbocycles. The standard InChI is InChI=1S/C15H22N2O5S/c1-22-14-5-3-2-4-12(14)6-9-16-23(20,21)17-10-7-13(8-11-17)15(18)19/h2-5,13,16H,6-11H2,1H3,(H,18,19). The van der Waals surface area contributed by atoms with Crippen LogP contribution in [-0.2, 0) is 21.4 Å². The maximum atomic E-state index is 12.2. The minimum absolute atomic E-state index is 0.237. The summed E-state index contributed by atoms with van der Waals surface area (Å²) in [5, 5.41) is 8.95. The highest BCUT2D eigenvalue weighted by Crippen LogP contribution is 2.20. The third-order valence-corrected chi connectivity index (χ3v) is 5.63. The van der Waals surface area contributed by atoms with Crippen molar-refractivity contribution in [1.29, 1.82) is 0 Å². The van der Waals surface area contributed by atoms with Crippen molar-refractivity contribution in [3.63, 3.8) is 0 Å². The molecule has 1 aromatic rings. The maximum Gasteiger partial charge on any atom is 0.306 e. The fourth-order valence-corrected chi connectivity index (χ4v) is 3.89. The zero-order chi connectivity index (χ0) is 16.9. The topological polar surface area (TPSA) is 95.9 Å². The first-order valence-electron chi connectivity index (χ1n) is 7.53. The first-order valence-corrected chi connectivity index (χ1v) is 8.97. The summed E-state index contributed by atoms with van der Waals surface area (Å²) in [5.74, 6) is -0.574. The lowest BCUT2D eigenvalue weighted by Gasteiger charge is -2.29. The molecule has 7 nitrogen and oxygen atoms in total. The molecule has 0 bridgehead atoms. The van der Waals surface area contributed by atoms with E-state index in [1.165, 1.54) is 4.31 Å². The molecule has 2 rings (SSSR count). The van der Waals surface area contributed by atoms with E-state index in [-0.39, 0.29) is 19.6 Å². The van der Waals surface area contributed by atoms with Gasteiger partial charge in [0.15, 0.2) is 0 Å². The average molecular weight is 342 g/mol. The summed E-state index contributed by atoms with van der Waals surface area (Å²) >= 11 is 0. The summed E-state index contributed by atoms with van der Waals surface area (Å²) in [6.45, 7) is 0.740. The van der Waals surface area contributed by atoms with Gasteiger partial charge in [0.25, 0.3) is 10.2 Å². The number of nitrogens with one attached hydrogen (secondary N) is 1. The third kappa shape index (κ3) is 4.66. The number of piperidine rings is 1. The second kappa shape index (κ2) is 7.76. The van der Waals surface area contributed by atoms with Gasteiger partial charge in [-0.15, -0.1) is 0 Å². The number of hydrogen-bond donors (Lipinski definition) is 2. The van der Waals surface area contributed by atoms with Crippen molar-refractivity contribution in [1.82, 2.24) is 9.03 Å². The highest BCUT2D eigenvalue weighted by molar-refractivity contribution is 7.87. The van der Waals surface area contributed by atoms with E-state index < -0.39 is 22.1 Å². The molecule has 2 N–H and O–H groups in total. The molecule has 23 heavy (non-hydrogen) atoms. The number of nitrogens with zero attached hydrogens (tertiary/aromatic N) is 1. The van der Waals surface area contributed by atoms with Crippen molar-refractivity contribution in [2.24, 2.45) is 5.92 Å². The van der Waals surface area contributed by atoms with Crippen molar-refractivity contribution in [2.45, 2.75) is 19.3 Å². The van der Waals surface area contributed by atoms with Crippen molar-refractivity contribution >= 4 is 16.2 Å². The van der Waals surface area contributed by atoms with Crippen molar-refractivity contribution in [3.05, 3.63) is 29.8 Å². The molecule has 0 saturated carbocycles. The Hall–Kier alpha value is -1.64. The molecule has 1 heterocycles. The SMILES string of the molecule is COc1ccccc1CCNS(=O)(=O)N1CCC(C(=O)O)CC1. The zero-order valence-electron chi connectivity index (χ0n) is 13.1. The van der Waals surface area contributed by atoms with Crippen LogP contribution < -0.4 is 9.46 Å². The summed E-state index contributed by atoms with van der Waals surface area (Å²) in [6.07, 6.45) is 1.22. The molecular weight excluding hydrogens is 320 g/mol. The Labute approximate surface area is 136 Å². The van der Waals surface area contributed by atoms with Crippen molar-refractivity contribution < 1.29 is 23.1 Å². The van der Waals surface area contributed by atoms with Crippen LogP contribution in [0.2, 0.25) is 0 Å². The molecule has 0 spiro atoms. The van der Waals surface area contributed by atoms with Crippen LogP contribution >= 0.6 is 0 Å². The normalized spacial score (nSPS) is 17.1. The number of benzene rings is 1. The first kappa shape index (κ1) is 17.7. The molecular formula is C15H22N2O5S. The van der Waals surface area contributed by atoms with E-state index in [0.29, 0.717) is 19.3 Å². The first-order chi connectivity index (χ1) is 10.9. The summed E-state index contributed by atoms with van der Waals surface area (Å²) in [5.41, 5.74) is 0.933. The quantitative estimate of drug-likeness (QED) is 0.766. The predicted molar refractivity (Wildman–Crippen MR) is 85.6 cm³/mol. The fraction of sp³-hybridized carbons (Fsp3) is 0.533. The number of methoxy groups -OCH3 is 1. The van der Waals surface area contributed by atoms with Gasteiger partial charge in [-0.05, 0) is 30.9 Å². The number of ether oxygens (including phenoxy) is 1. The van der Waals surface area contributed by atoms with Gasteiger partial charge in [0.05, 0.1) is 13.0 Å². The second-order valence-corrected chi connectivity index (χ2v) is 7.23. The Morgan fingerprint density at radius 3 is 2.61 bits per heavy atom. The summed E-state index contributed by atoms with van der Waals surface area (Å²) < 4.78 is 33.6. The van der Waals surface area contributed by atoms with E-state index in [1.807, 2.05) is 24.3 Å². The number of rotatable bonds is 7. The van der Waals surface area contributed by atoms with E-state index in [1.54, 1.807) is 7.11 Å². The van der Waals surface area contributed by atoms with Crippen LogP contribution in [0, 0.1) is 5.92 Å². The van der Waals surface area contributed by atoms with E-state index in [2.05, 4.69) is 4.72 Å². The molecule has 0 radical (unpaired) electrons.